The molecule has 1 aromatic rings. The van der Waals surface area contributed by atoms with Gasteiger partial charge in [0, 0.05) is 10.6 Å². The van der Waals surface area contributed by atoms with Crippen LogP contribution in [0.25, 0.3) is 0 Å². The van der Waals surface area contributed by atoms with Crippen LogP contribution in [-0.2, 0) is 4.79 Å². The number of halogens is 1. The van der Waals surface area contributed by atoms with Gasteiger partial charge in [-0.25, -0.2) is 0 Å². The molecule has 0 unspecified atom stereocenters. The number of carbonyl (C=O) groups is 1. The molecule has 0 fully saturated rings. The Morgan fingerprint density at radius 3 is 2.31 bits per heavy atom. The van der Waals surface area contributed by atoms with Crippen LogP contribution >= 0.6 is 11.6 Å². The Morgan fingerprint density at radius 2 is 1.92 bits per heavy atom. The van der Waals surface area contributed by atoms with Crippen LogP contribution in [0, 0.1) is 0 Å². The average Bonchev–Trinajstić information content (AvgIpc) is 2.09. The van der Waals surface area contributed by atoms with Crippen LogP contribution in [-0.4, -0.2) is 16.8 Å². The molecule has 0 saturated heterocycles. The molecule has 1 aromatic carbocycles. The molecule has 0 bridgehead atoms. The summed E-state index contributed by atoms with van der Waals surface area (Å²) < 4.78 is 0. The van der Waals surface area contributed by atoms with Crippen LogP contribution in [0.2, 0.25) is 5.02 Å². The van der Waals surface area contributed by atoms with Crippen molar-refractivity contribution in [3.63, 3.8) is 0 Å². The summed E-state index contributed by atoms with van der Waals surface area (Å²) in [4.78, 5) is 10.7. The Labute approximate surface area is 79.6 Å². The van der Waals surface area contributed by atoms with Crippen molar-refractivity contribution in [1.29, 1.82) is 0 Å². The van der Waals surface area contributed by atoms with Crippen molar-refractivity contribution in [2.24, 2.45) is 10.9 Å². The molecule has 3 N–H and O–H groups in total. The minimum absolute atomic E-state index is 0.184. The molecule has 0 heterocycles. The molecule has 4 nitrogen and oxygen atoms in total. The van der Waals surface area contributed by atoms with Gasteiger partial charge in [-0.2, -0.15) is 0 Å². The van der Waals surface area contributed by atoms with E-state index in [0.29, 0.717) is 10.6 Å². The van der Waals surface area contributed by atoms with E-state index in [4.69, 9.17) is 22.5 Å². The smallest absolute Gasteiger partial charge is 0.271 e. The maximum atomic E-state index is 10.7. The highest BCUT2D eigenvalue weighted by Crippen LogP contribution is 2.10. The van der Waals surface area contributed by atoms with Crippen LogP contribution in [0.3, 0.4) is 0 Å². The minimum atomic E-state index is -0.787. The van der Waals surface area contributed by atoms with Crippen molar-refractivity contribution in [3.05, 3.63) is 34.9 Å². The molecular formula is C8H7ClN2O2. The molecule has 1 amide bonds. The molecule has 0 aliphatic heterocycles. The molecule has 0 radical (unpaired) electrons. The van der Waals surface area contributed by atoms with Crippen molar-refractivity contribution in [2.75, 3.05) is 0 Å². The van der Waals surface area contributed by atoms with E-state index in [9.17, 15) is 4.79 Å². The summed E-state index contributed by atoms with van der Waals surface area (Å²) in [5.74, 6) is -0.787. The number of hydrogen-bond donors (Lipinski definition) is 2. The molecule has 1 rings (SSSR count). The Hall–Kier alpha value is -1.55. The number of nitrogens with zero attached hydrogens (tertiary/aromatic N) is 1. The van der Waals surface area contributed by atoms with E-state index >= 15 is 0 Å². The summed E-state index contributed by atoms with van der Waals surface area (Å²) >= 11 is 5.62. The first-order valence-corrected chi connectivity index (χ1v) is 3.80. The van der Waals surface area contributed by atoms with Gasteiger partial charge in [0.2, 0.25) is 0 Å². The van der Waals surface area contributed by atoms with Gasteiger partial charge in [-0.15, -0.1) is 0 Å². The number of rotatable bonds is 2. The van der Waals surface area contributed by atoms with Gasteiger partial charge in [0.15, 0.2) is 5.71 Å². The number of oxime groups is 1. The predicted octanol–water partition coefficient (Wildman–Crippen LogP) is 1.00. The zero-order valence-electron chi connectivity index (χ0n) is 6.57. The van der Waals surface area contributed by atoms with Gasteiger partial charge in [-0.05, 0) is 12.1 Å². The summed E-state index contributed by atoms with van der Waals surface area (Å²) in [6, 6.07) is 6.24. The third kappa shape index (κ3) is 2.19. The van der Waals surface area contributed by atoms with Crippen LogP contribution in [0.5, 0.6) is 0 Å². The zero-order chi connectivity index (χ0) is 9.84. The summed E-state index contributed by atoms with van der Waals surface area (Å²) in [6.45, 7) is 0. The molecule has 0 atom stereocenters. The van der Waals surface area contributed by atoms with Gasteiger partial charge in [-0.3, -0.25) is 4.79 Å². The molecule has 0 spiro atoms. The zero-order valence-corrected chi connectivity index (χ0v) is 7.32. The summed E-state index contributed by atoms with van der Waals surface area (Å²) in [5.41, 5.74) is 5.20. The van der Waals surface area contributed by atoms with Gasteiger partial charge in [0.25, 0.3) is 5.91 Å². The Bertz CT molecular complexity index is 346. The van der Waals surface area contributed by atoms with Gasteiger partial charge < -0.3 is 10.9 Å². The van der Waals surface area contributed by atoms with Crippen molar-refractivity contribution < 1.29 is 10.0 Å². The topological polar surface area (TPSA) is 75.7 Å². The van der Waals surface area contributed by atoms with Crippen molar-refractivity contribution in [1.82, 2.24) is 0 Å². The lowest BCUT2D eigenvalue weighted by atomic mass is 10.1. The number of benzene rings is 1. The van der Waals surface area contributed by atoms with E-state index in [1.165, 1.54) is 0 Å². The quantitative estimate of drug-likeness (QED) is 0.423. The van der Waals surface area contributed by atoms with E-state index in [1.54, 1.807) is 24.3 Å². The second kappa shape index (κ2) is 3.91. The van der Waals surface area contributed by atoms with Gasteiger partial charge in [0.05, 0.1) is 0 Å². The van der Waals surface area contributed by atoms with E-state index in [1.807, 2.05) is 0 Å². The number of carbonyl (C=O) groups excluding carboxylic acids is 1. The molecule has 13 heavy (non-hydrogen) atoms. The first kappa shape index (κ1) is 9.54. The van der Waals surface area contributed by atoms with Crippen molar-refractivity contribution in [3.8, 4) is 0 Å². The Balaban J connectivity index is 3.07. The summed E-state index contributed by atoms with van der Waals surface area (Å²) in [5, 5.41) is 11.8. The van der Waals surface area contributed by atoms with E-state index < -0.39 is 5.91 Å². The molecular weight excluding hydrogens is 192 g/mol. The SMILES string of the molecule is NC(=O)C(=NO)c1ccc(Cl)cc1. The monoisotopic (exact) mass is 198 g/mol. The Kier molecular flexibility index (Phi) is 2.87. The predicted molar refractivity (Wildman–Crippen MR) is 49.0 cm³/mol. The van der Waals surface area contributed by atoms with Crippen LogP contribution in [0.15, 0.2) is 29.4 Å². The highest BCUT2D eigenvalue weighted by atomic mass is 35.5. The summed E-state index contributed by atoms with van der Waals surface area (Å²) in [7, 11) is 0. The number of hydrogen-bond acceptors (Lipinski definition) is 3. The minimum Gasteiger partial charge on any atom is -0.410 e. The lowest BCUT2D eigenvalue weighted by Crippen LogP contribution is -2.24. The van der Waals surface area contributed by atoms with Gasteiger partial charge >= 0.3 is 0 Å². The standard InChI is InChI=1S/C8H7ClN2O2/c9-6-3-1-5(2-4-6)7(11-13)8(10)12/h1-4,13H,(H2,10,12). The largest absolute Gasteiger partial charge is 0.410 e. The van der Waals surface area contributed by atoms with E-state index in [0.717, 1.165) is 0 Å². The first-order chi connectivity index (χ1) is 6.15. The number of primary amides is 1. The van der Waals surface area contributed by atoms with Gasteiger partial charge in [0.1, 0.15) is 0 Å². The second-order valence-electron chi connectivity index (χ2n) is 2.32. The fourth-order valence-corrected chi connectivity index (χ4v) is 0.983. The average molecular weight is 199 g/mol. The summed E-state index contributed by atoms with van der Waals surface area (Å²) in [6.07, 6.45) is 0. The number of amides is 1. The van der Waals surface area contributed by atoms with Crippen molar-refractivity contribution >= 4 is 23.2 Å². The van der Waals surface area contributed by atoms with E-state index in [-0.39, 0.29) is 5.71 Å². The molecule has 0 aliphatic rings. The molecule has 5 heteroatoms. The molecule has 0 aliphatic carbocycles. The third-order valence-corrected chi connectivity index (χ3v) is 1.70. The highest BCUT2D eigenvalue weighted by Gasteiger charge is 2.09. The molecule has 0 saturated carbocycles. The third-order valence-electron chi connectivity index (χ3n) is 1.45. The fourth-order valence-electron chi connectivity index (χ4n) is 0.857. The van der Waals surface area contributed by atoms with E-state index in [2.05, 4.69) is 5.16 Å². The van der Waals surface area contributed by atoms with Crippen molar-refractivity contribution in [2.45, 2.75) is 0 Å². The van der Waals surface area contributed by atoms with Crippen LogP contribution in [0.4, 0.5) is 0 Å². The van der Waals surface area contributed by atoms with Crippen LogP contribution in [0.1, 0.15) is 5.56 Å². The van der Waals surface area contributed by atoms with Crippen LogP contribution < -0.4 is 5.73 Å². The highest BCUT2D eigenvalue weighted by molar-refractivity contribution is 6.44. The first-order valence-electron chi connectivity index (χ1n) is 3.43. The lowest BCUT2D eigenvalue weighted by Gasteiger charge is -1.99. The Morgan fingerprint density at radius 1 is 1.38 bits per heavy atom. The lowest BCUT2D eigenvalue weighted by molar-refractivity contribution is -0.112. The molecule has 0 aromatic heterocycles. The second-order valence-corrected chi connectivity index (χ2v) is 2.76. The van der Waals surface area contributed by atoms with Gasteiger partial charge in [-0.1, -0.05) is 28.9 Å². The molecule has 68 valence electrons. The normalized spacial score (nSPS) is 11.3. The number of nitrogens with two attached hydrogens (primary N) is 1. The maximum Gasteiger partial charge on any atom is 0.271 e. The fraction of sp³-hybridized carbons (Fsp3) is 0. The maximum absolute atomic E-state index is 10.7.